The quantitative estimate of drug-likeness (QED) is 0.297. The molecule has 1 heterocycles. The molecule has 1 fully saturated rings. The predicted molar refractivity (Wildman–Crippen MR) is 145 cm³/mol. The van der Waals surface area contributed by atoms with E-state index in [0.29, 0.717) is 11.1 Å². The van der Waals surface area contributed by atoms with Crippen molar-refractivity contribution in [2.75, 3.05) is 6.61 Å². The predicted octanol–water partition coefficient (Wildman–Crippen LogP) is 6.23. The smallest absolute Gasteiger partial charge is 0.338 e. The second-order valence-electron chi connectivity index (χ2n) is 8.79. The monoisotopic (exact) mass is 510 g/mol. The van der Waals surface area contributed by atoms with Gasteiger partial charge in [0.25, 0.3) is 0 Å². The van der Waals surface area contributed by atoms with Gasteiger partial charge in [0.15, 0.2) is 0 Å². The molecule has 3 atom stereocenters. The number of benzene rings is 4. The van der Waals surface area contributed by atoms with E-state index in [2.05, 4.69) is 0 Å². The normalized spacial score (nSPS) is 18.8. The summed E-state index contributed by atoms with van der Waals surface area (Å²) in [4.78, 5) is 25.4. The van der Waals surface area contributed by atoms with E-state index >= 15 is 0 Å². The molecule has 0 aromatic heterocycles. The number of ether oxygens (including phenoxy) is 2. The summed E-state index contributed by atoms with van der Waals surface area (Å²) >= 11 is 1.25. The lowest BCUT2D eigenvalue weighted by Crippen LogP contribution is -2.29. The number of carbonyl (C=O) groups excluding carboxylic acids is 2. The van der Waals surface area contributed by atoms with Gasteiger partial charge in [-0.3, -0.25) is 0 Å². The first kappa shape index (κ1) is 24.8. The van der Waals surface area contributed by atoms with Crippen molar-refractivity contribution in [3.63, 3.8) is 0 Å². The van der Waals surface area contributed by atoms with E-state index in [9.17, 15) is 14.7 Å². The molecule has 0 radical (unpaired) electrons. The molecule has 6 heteroatoms. The maximum absolute atomic E-state index is 12.8. The van der Waals surface area contributed by atoms with Gasteiger partial charge < -0.3 is 14.6 Å². The second-order valence-corrected chi connectivity index (χ2v) is 10.2. The van der Waals surface area contributed by atoms with Gasteiger partial charge in [-0.15, -0.1) is 11.8 Å². The van der Waals surface area contributed by atoms with Crippen LogP contribution in [0, 0.1) is 0 Å². The molecule has 0 aliphatic carbocycles. The molecule has 4 aromatic carbocycles. The van der Waals surface area contributed by atoms with E-state index in [1.54, 1.807) is 24.3 Å². The summed E-state index contributed by atoms with van der Waals surface area (Å²) in [5, 5.41) is 9.82. The van der Waals surface area contributed by atoms with Crippen molar-refractivity contribution in [3.8, 4) is 22.3 Å². The van der Waals surface area contributed by atoms with Crippen molar-refractivity contribution in [3.05, 3.63) is 120 Å². The lowest BCUT2D eigenvalue weighted by Gasteiger charge is -2.19. The van der Waals surface area contributed by atoms with Gasteiger partial charge in [-0.2, -0.15) is 0 Å². The zero-order valence-corrected chi connectivity index (χ0v) is 20.8. The molecule has 0 bridgehead atoms. The molecule has 5 rings (SSSR count). The van der Waals surface area contributed by atoms with Gasteiger partial charge in [-0.05, 0) is 46.5 Å². The van der Waals surface area contributed by atoms with Crippen molar-refractivity contribution in [1.29, 1.82) is 0 Å². The van der Waals surface area contributed by atoms with Crippen molar-refractivity contribution >= 4 is 23.7 Å². The Morgan fingerprint density at radius 3 is 1.65 bits per heavy atom. The van der Waals surface area contributed by atoms with Gasteiger partial charge in [-0.25, -0.2) is 9.59 Å². The molecule has 4 aromatic rings. The maximum atomic E-state index is 12.8. The van der Waals surface area contributed by atoms with Crippen molar-refractivity contribution < 1.29 is 24.2 Å². The summed E-state index contributed by atoms with van der Waals surface area (Å²) in [6, 6.07) is 34.3. The van der Waals surface area contributed by atoms with Crippen LogP contribution in [0.1, 0.15) is 27.1 Å². The Morgan fingerprint density at radius 2 is 1.14 bits per heavy atom. The van der Waals surface area contributed by atoms with Crippen LogP contribution in [0.2, 0.25) is 0 Å². The number of hydrogen-bond acceptors (Lipinski definition) is 6. The fourth-order valence-electron chi connectivity index (χ4n) is 4.27. The van der Waals surface area contributed by atoms with Crippen LogP contribution in [0.4, 0.5) is 0 Å². The third-order valence-corrected chi connectivity index (χ3v) is 7.57. The summed E-state index contributed by atoms with van der Waals surface area (Å²) in [6.07, 6.45) is -0.276. The first-order valence-corrected chi connectivity index (χ1v) is 13.0. The van der Waals surface area contributed by atoms with Crippen LogP contribution >= 0.6 is 11.8 Å². The highest BCUT2D eigenvalue weighted by atomic mass is 32.2. The summed E-state index contributed by atoms with van der Waals surface area (Å²) in [5.41, 5.74) is 4.33. The fraction of sp³-hybridized carbons (Fsp3) is 0.161. The lowest BCUT2D eigenvalue weighted by molar-refractivity contribution is 0.0178. The minimum Gasteiger partial charge on any atom is -0.461 e. The summed E-state index contributed by atoms with van der Waals surface area (Å²) in [7, 11) is 0. The third kappa shape index (κ3) is 6.10. The van der Waals surface area contributed by atoms with E-state index in [0.717, 1.165) is 22.3 Å². The Bertz CT molecular complexity index is 1340. The van der Waals surface area contributed by atoms with Gasteiger partial charge in [0.2, 0.25) is 0 Å². The van der Waals surface area contributed by atoms with E-state index in [-0.39, 0.29) is 18.3 Å². The Hall–Kier alpha value is -3.87. The molecule has 1 aliphatic heterocycles. The highest BCUT2D eigenvalue weighted by Gasteiger charge is 2.38. The zero-order valence-electron chi connectivity index (χ0n) is 20.0. The van der Waals surface area contributed by atoms with Crippen LogP contribution in [-0.4, -0.2) is 40.4 Å². The van der Waals surface area contributed by atoms with E-state index in [1.165, 1.54) is 11.8 Å². The standard InChI is InChI=1S/C31H26O5S/c32-29-19-27(36-31(34)26-17-13-24(14-18-26)22-9-5-2-6-10-22)28(37-29)20-35-30(33)25-15-11-23(12-16-25)21-7-3-1-4-8-21/h1-18,27-29,32H,19-20H2/t27-,28-,29?/m1/s1. The highest BCUT2D eigenvalue weighted by molar-refractivity contribution is 8.00. The first-order valence-electron chi connectivity index (χ1n) is 12.1. The van der Waals surface area contributed by atoms with Crippen molar-refractivity contribution in [2.45, 2.75) is 23.2 Å². The third-order valence-electron chi connectivity index (χ3n) is 6.27. The van der Waals surface area contributed by atoms with Crippen LogP contribution in [0.15, 0.2) is 109 Å². The molecule has 1 aliphatic rings. The Balaban J connectivity index is 1.17. The summed E-state index contributed by atoms with van der Waals surface area (Å²) < 4.78 is 11.2. The number of hydrogen-bond donors (Lipinski definition) is 1. The number of aliphatic hydroxyl groups is 1. The minimum absolute atomic E-state index is 0.0336. The van der Waals surface area contributed by atoms with E-state index in [4.69, 9.17) is 9.47 Å². The first-order chi connectivity index (χ1) is 18.1. The highest BCUT2D eigenvalue weighted by Crippen LogP contribution is 2.35. The minimum atomic E-state index is -0.688. The Kier molecular flexibility index (Phi) is 7.68. The molecular formula is C31H26O5S. The number of esters is 2. The van der Waals surface area contributed by atoms with Crippen LogP contribution < -0.4 is 0 Å². The average Bonchev–Trinajstić information content (AvgIpc) is 3.31. The zero-order chi connectivity index (χ0) is 25.6. The summed E-state index contributed by atoms with van der Waals surface area (Å²) in [5.74, 6) is -0.921. The average molecular weight is 511 g/mol. The number of carbonyl (C=O) groups is 2. The van der Waals surface area contributed by atoms with Crippen molar-refractivity contribution in [1.82, 2.24) is 0 Å². The molecule has 1 saturated heterocycles. The molecule has 0 saturated carbocycles. The Morgan fingerprint density at radius 1 is 0.676 bits per heavy atom. The van der Waals surface area contributed by atoms with Crippen LogP contribution in [0.3, 0.4) is 0 Å². The van der Waals surface area contributed by atoms with Gasteiger partial charge in [-0.1, -0.05) is 84.9 Å². The maximum Gasteiger partial charge on any atom is 0.338 e. The van der Waals surface area contributed by atoms with Gasteiger partial charge in [0, 0.05) is 6.42 Å². The van der Waals surface area contributed by atoms with E-state index in [1.807, 2.05) is 84.9 Å². The SMILES string of the molecule is O=C(OC[C@H]1SC(O)C[C@H]1OC(=O)c1ccc(-c2ccccc2)cc1)c1ccc(-c2ccccc2)cc1. The molecule has 37 heavy (non-hydrogen) atoms. The molecule has 186 valence electrons. The second kappa shape index (κ2) is 11.5. The summed E-state index contributed by atoms with van der Waals surface area (Å²) in [6.45, 7) is 0.0336. The van der Waals surface area contributed by atoms with Crippen LogP contribution in [0.25, 0.3) is 22.3 Å². The molecule has 5 nitrogen and oxygen atoms in total. The number of rotatable bonds is 7. The number of aliphatic hydroxyl groups excluding tert-OH is 1. The molecule has 1 N–H and O–H groups in total. The van der Waals surface area contributed by atoms with Crippen molar-refractivity contribution in [2.24, 2.45) is 0 Å². The Labute approximate surface area is 220 Å². The molecule has 0 amide bonds. The molecular weight excluding hydrogens is 484 g/mol. The fourth-order valence-corrected chi connectivity index (χ4v) is 5.46. The molecule has 0 spiro atoms. The van der Waals surface area contributed by atoms with Gasteiger partial charge in [0.1, 0.15) is 18.1 Å². The number of thioether (sulfide) groups is 1. The lowest BCUT2D eigenvalue weighted by atomic mass is 10.0. The van der Waals surface area contributed by atoms with Crippen LogP contribution in [0.5, 0.6) is 0 Å². The topological polar surface area (TPSA) is 72.8 Å². The van der Waals surface area contributed by atoms with Crippen LogP contribution in [-0.2, 0) is 9.47 Å². The largest absolute Gasteiger partial charge is 0.461 e. The van der Waals surface area contributed by atoms with Gasteiger partial charge in [0.05, 0.1) is 16.4 Å². The van der Waals surface area contributed by atoms with Gasteiger partial charge >= 0.3 is 11.9 Å². The van der Waals surface area contributed by atoms with E-state index < -0.39 is 23.5 Å². The molecule has 1 unspecified atom stereocenters.